The lowest BCUT2D eigenvalue weighted by Gasteiger charge is -2.14. The molecule has 0 aromatic heterocycles. The average molecular weight is 299 g/mol. The standard InChI is InChI=1S/C14H19ClN2O3/c1-3-5-17-8-10-6-11(15)14(20-9-13(16)18)12(7-10)19-4-2/h3,6-7,17H,1,4-5,8-9H2,2H3,(H2,16,18). The van der Waals surface area contributed by atoms with Gasteiger partial charge in [-0.15, -0.1) is 6.58 Å². The van der Waals surface area contributed by atoms with Gasteiger partial charge in [-0.25, -0.2) is 0 Å². The van der Waals surface area contributed by atoms with Gasteiger partial charge in [-0.3, -0.25) is 4.79 Å². The van der Waals surface area contributed by atoms with Crippen molar-refractivity contribution in [1.29, 1.82) is 0 Å². The molecule has 3 N–H and O–H groups in total. The molecule has 110 valence electrons. The fraction of sp³-hybridized carbons (Fsp3) is 0.357. The Hall–Kier alpha value is -1.72. The highest BCUT2D eigenvalue weighted by atomic mass is 35.5. The molecule has 0 saturated carbocycles. The summed E-state index contributed by atoms with van der Waals surface area (Å²) < 4.78 is 10.8. The Bertz CT molecular complexity index is 478. The van der Waals surface area contributed by atoms with Gasteiger partial charge in [0.05, 0.1) is 11.6 Å². The molecule has 0 unspecified atom stereocenters. The molecule has 0 atom stereocenters. The van der Waals surface area contributed by atoms with Crippen LogP contribution in [0.5, 0.6) is 11.5 Å². The Morgan fingerprint density at radius 2 is 2.25 bits per heavy atom. The van der Waals surface area contributed by atoms with Gasteiger partial charge in [0.25, 0.3) is 5.91 Å². The number of halogens is 1. The van der Waals surface area contributed by atoms with E-state index in [0.29, 0.717) is 36.2 Å². The third kappa shape index (κ3) is 5.11. The second-order valence-electron chi connectivity index (χ2n) is 4.01. The maximum atomic E-state index is 10.8. The molecule has 0 radical (unpaired) electrons. The third-order valence-electron chi connectivity index (χ3n) is 2.35. The summed E-state index contributed by atoms with van der Waals surface area (Å²) in [5, 5.41) is 3.55. The maximum absolute atomic E-state index is 10.8. The predicted octanol–water partition coefficient (Wildman–Crippen LogP) is 1.88. The summed E-state index contributed by atoms with van der Waals surface area (Å²) in [5.41, 5.74) is 6.01. The van der Waals surface area contributed by atoms with E-state index in [1.54, 1.807) is 12.1 Å². The zero-order valence-corrected chi connectivity index (χ0v) is 12.2. The molecule has 0 aliphatic rings. The van der Waals surface area contributed by atoms with Crippen LogP contribution in [0.1, 0.15) is 12.5 Å². The molecule has 0 spiro atoms. The van der Waals surface area contributed by atoms with Crippen molar-refractivity contribution < 1.29 is 14.3 Å². The second-order valence-corrected chi connectivity index (χ2v) is 4.42. The van der Waals surface area contributed by atoms with Gasteiger partial charge in [0.1, 0.15) is 0 Å². The molecule has 0 fully saturated rings. The van der Waals surface area contributed by atoms with Crippen LogP contribution < -0.4 is 20.5 Å². The van der Waals surface area contributed by atoms with Crippen molar-refractivity contribution in [3.63, 3.8) is 0 Å². The van der Waals surface area contributed by atoms with Crippen LogP contribution in [0, 0.1) is 0 Å². The van der Waals surface area contributed by atoms with Gasteiger partial charge < -0.3 is 20.5 Å². The summed E-state index contributed by atoms with van der Waals surface area (Å²) in [7, 11) is 0. The number of carbonyl (C=O) groups excluding carboxylic acids is 1. The number of benzene rings is 1. The maximum Gasteiger partial charge on any atom is 0.255 e. The molecular formula is C14H19ClN2O3. The van der Waals surface area contributed by atoms with Gasteiger partial charge in [-0.05, 0) is 24.6 Å². The minimum atomic E-state index is -0.569. The molecule has 6 heteroatoms. The third-order valence-corrected chi connectivity index (χ3v) is 2.63. The van der Waals surface area contributed by atoms with Gasteiger partial charge in [-0.1, -0.05) is 17.7 Å². The number of primary amides is 1. The van der Waals surface area contributed by atoms with Crippen molar-refractivity contribution in [1.82, 2.24) is 5.32 Å². The SMILES string of the molecule is C=CCNCc1cc(Cl)c(OCC(N)=O)c(OCC)c1. The van der Waals surface area contributed by atoms with Crippen LogP contribution in [-0.2, 0) is 11.3 Å². The summed E-state index contributed by atoms with van der Waals surface area (Å²) >= 11 is 6.16. The number of amides is 1. The van der Waals surface area contributed by atoms with Crippen molar-refractivity contribution >= 4 is 17.5 Å². The van der Waals surface area contributed by atoms with Crippen LogP contribution in [0.3, 0.4) is 0 Å². The molecule has 1 amide bonds. The number of nitrogens with one attached hydrogen (secondary N) is 1. The summed E-state index contributed by atoms with van der Waals surface area (Å²) in [5.74, 6) is 0.261. The average Bonchev–Trinajstić information content (AvgIpc) is 2.38. The van der Waals surface area contributed by atoms with Crippen molar-refractivity contribution in [3.05, 3.63) is 35.4 Å². The lowest BCUT2D eigenvalue weighted by Crippen LogP contribution is -2.20. The Kier molecular flexibility index (Phi) is 6.90. The van der Waals surface area contributed by atoms with E-state index in [4.69, 9.17) is 26.8 Å². The van der Waals surface area contributed by atoms with Gasteiger partial charge in [0.2, 0.25) is 0 Å². The van der Waals surface area contributed by atoms with Crippen LogP contribution >= 0.6 is 11.6 Å². The van der Waals surface area contributed by atoms with E-state index in [1.165, 1.54) is 0 Å². The van der Waals surface area contributed by atoms with Crippen molar-refractivity contribution in [2.24, 2.45) is 5.73 Å². The predicted molar refractivity (Wildman–Crippen MR) is 79.2 cm³/mol. The first-order valence-corrected chi connectivity index (χ1v) is 6.64. The summed E-state index contributed by atoms with van der Waals surface area (Å²) in [6, 6.07) is 3.58. The van der Waals surface area contributed by atoms with Crippen molar-refractivity contribution in [2.45, 2.75) is 13.5 Å². The molecule has 20 heavy (non-hydrogen) atoms. The summed E-state index contributed by atoms with van der Waals surface area (Å²) in [6.45, 7) is 7.04. The molecule has 5 nitrogen and oxygen atoms in total. The number of carbonyl (C=O) groups is 1. The Morgan fingerprint density at radius 1 is 1.50 bits per heavy atom. The van der Waals surface area contributed by atoms with Crippen molar-refractivity contribution in [2.75, 3.05) is 19.8 Å². The quantitative estimate of drug-likeness (QED) is 0.539. The van der Waals surface area contributed by atoms with E-state index >= 15 is 0 Å². The Labute approximate surface area is 123 Å². The Morgan fingerprint density at radius 3 is 2.85 bits per heavy atom. The topological polar surface area (TPSA) is 73.6 Å². The van der Waals surface area contributed by atoms with Gasteiger partial charge >= 0.3 is 0 Å². The zero-order valence-electron chi connectivity index (χ0n) is 11.4. The Balaban J connectivity index is 2.92. The van der Waals surface area contributed by atoms with Crippen LogP contribution in [0.15, 0.2) is 24.8 Å². The van der Waals surface area contributed by atoms with Crippen molar-refractivity contribution in [3.8, 4) is 11.5 Å². The first kappa shape index (κ1) is 16.3. The zero-order chi connectivity index (χ0) is 15.0. The molecule has 1 aromatic rings. The monoisotopic (exact) mass is 298 g/mol. The van der Waals surface area contributed by atoms with E-state index in [1.807, 2.05) is 13.0 Å². The fourth-order valence-electron chi connectivity index (χ4n) is 1.59. The van der Waals surface area contributed by atoms with Crippen LogP contribution in [0.2, 0.25) is 5.02 Å². The van der Waals surface area contributed by atoms with Gasteiger partial charge in [0, 0.05) is 13.1 Å². The first-order chi connectivity index (χ1) is 9.58. The van der Waals surface area contributed by atoms with Gasteiger partial charge in [0.15, 0.2) is 18.1 Å². The number of rotatable bonds is 9. The number of hydrogen-bond donors (Lipinski definition) is 2. The molecule has 1 aromatic carbocycles. The molecule has 0 bridgehead atoms. The van der Waals surface area contributed by atoms with Gasteiger partial charge in [-0.2, -0.15) is 0 Å². The molecule has 1 rings (SSSR count). The van der Waals surface area contributed by atoms with Crippen LogP contribution in [0.25, 0.3) is 0 Å². The normalized spacial score (nSPS) is 10.1. The van der Waals surface area contributed by atoms with E-state index < -0.39 is 5.91 Å². The lowest BCUT2D eigenvalue weighted by atomic mass is 10.2. The van der Waals surface area contributed by atoms with Crippen LogP contribution in [0.4, 0.5) is 0 Å². The second kappa shape index (κ2) is 8.45. The molecule has 0 heterocycles. The highest BCUT2D eigenvalue weighted by molar-refractivity contribution is 6.32. The molecule has 0 aliphatic heterocycles. The van der Waals surface area contributed by atoms with E-state index in [2.05, 4.69) is 11.9 Å². The van der Waals surface area contributed by atoms with E-state index in [9.17, 15) is 4.79 Å². The number of hydrogen-bond acceptors (Lipinski definition) is 4. The number of nitrogens with two attached hydrogens (primary N) is 1. The van der Waals surface area contributed by atoms with E-state index in [0.717, 1.165) is 5.56 Å². The summed E-state index contributed by atoms with van der Waals surface area (Å²) in [6.07, 6.45) is 1.77. The largest absolute Gasteiger partial charge is 0.490 e. The minimum absolute atomic E-state index is 0.242. The lowest BCUT2D eigenvalue weighted by molar-refractivity contribution is -0.119. The van der Waals surface area contributed by atoms with Crippen LogP contribution in [-0.4, -0.2) is 25.7 Å². The molecular weight excluding hydrogens is 280 g/mol. The smallest absolute Gasteiger partial charge is 0.255 e. The summed E-state index contributed by atoms with van der Waals surface area (Å²) in [4.78, 5) is 10.8. The fourth-order valence-corrected chi connectivity index (χ4v) is 1.88. The molecule has 0 saturated heterocycles. The highest BCUT2D eigenvalue weighted by Gasteiger charge is 2.13. The number of ether oxygens (including phenoxy) is 2. The first-order valence-electron chi connectivity index (χ1n) is 6.26. The van der Waals surface area contributed by atoms with E-state index in [-0.39, 0.29) is 6.61 Å². The minimum Gasteiger partial charge on any atom is -0.490 e. The highest BCUT2D eigenvalue weighted by Crippen LogP contribution is 2.36. The molecule has 0 aliphatic carbocycles.